The Labute approximate surface area is 914 Å². The van der Waals surface area contributed by atoms with Gasteiger partial charge in [-0.15, -0.1) is 11.3 Å². The molecule has 7 aromatic rings. The first-order chi connectivity index (χ1) is 67.4. The van der Waals surface area contributed by atoms with Gasteiger partial charge >= 0.3 is 0 Å². The normalized spacial score (nSPS) is 14.6. The van der Waals surface area contributed by atoms with Crippen molar-refractivity contribution >= 4 is 46.1 Å². The number of benzene rings is 6. The molecule has 0 atom stereocenters. The second kappa shape index (κ2) is 102. The van der Waals surface area contributed by atoms with Gasteiger partial charge in [0.2, 0.25) is 0 Å². The fourth-order valence-corrected chi connectivity index (χ4v) is 17.9. The topological polar surface area (TPSA) is 0 Å². The molecular formula is C136H242Cl3F3S. The molecule has 5 aliphatic carbocycles. The van der Waals surface area contributed by atoms with Crippen molar-refractivity contribution in [1.82, 2.24) is 0 Å². The van der Waals surface area contributed by atoms with Gasteiger partial charge < -0.3 is 0 Å². The molecule has 2 spiro atoms. The fourth-order valence-electron chi connectivity index (χ4n) is 16.2. The average Bonchev–Trinajstić information content (AvgIpc) is 1.40. The zero-order valence-corrected chi connectivity index (χ0v) is 106. The van der Waals surface area contributed by atoms with E-state index in [0.717, 1.165) is 128 Å². The van der Waals surface area contributed by atoms with Crippen molar-refractivity contribution in [3.8, 4) is 0 Å². The number of alkyl halides is 1. The maximum atomic E-state index is 13.2. The third-order valence-electron chi connectivity index (χ3n) is 22.2. The second-order valence-electron chi connectivity index (χ2n) is 46.4. The van der Waals surface area contributed by atoms with Crippen molar-refractivity contribution < 1.29 is 13.2 Å². The maximum absolute atomic E-state index is 13.2. The summed E-state index contributed by atoms with van der Waals surface area (Å²) in [7, 11) is 0. The lowest BCUT2D eigenvalue weighted by molar-refractivity contribution is -0.0321. The third-order valence-corrected chi connectivity index (χ3v) is 24.0. The molecule has 0 N–H and O–H groups in total. The van der Waals surface area contributed by atoms with Gasteiger partial charge in [-0.1, -0.05) is 529 Å². The monoisotopic (exact) mass is 2070 g/mol. The molecule has 5 saturated carbocycles. The Morgan fingerprint density at radius 2 is 0.587 bits per heavy atom. The minimum atomic E-state index is -0.359. The number of rotatable bonds is 21. The van der Waals surface area contributed by atoms with Gasteiger partial charge in [0.05, 0.1) is 4.34 Å². The Bertz CT molecular complexity index is 3500. The van der Waals surface area contributed by atoms with Crippen LogP contribution in [0.1, 0.15) is 524 Å². The minimum Gasteiger partial charge on any atom is -0.246 e. The van der Waals surface area contributed by atoms with Crippen LogP contribution >= 0.6 is 46.1 Å². The lowest BCUT2D eigenvalue weighted by Crippen LogP contribution is -2.42. The molecule has 0 aliphatic heterocycles. The Morgan fingerprint density at radius 3 is 0.867 bits per heavy atom. The quantitative estimate of drug-likeness (QED) is 0.0673. The van der Waals surface area contributed by atoms with Crippen molar-refractivity contribution in [1.29, 1.82) is 0 Å². The Kier molecular flexibility index (Phi) is 110. The smallest absolute Gasteiger partial charge is 0.126 e. The molecule has 0 nitrogen and oxygen atoms in total. The summed E-state index contributed by atoms with van der Waals surface area (Å²) in [5.41, 5.74) is 13.6. The zero-order valence-electron chi connectivity index (χ0n) is 103. The first-order valence-electron chi connectivity index (χ1n) is 58.8. The van der Waals surface area contributed by atoms with Crippen LogP contribution in [-0.2, 0) is 51.6 Å². The fraction of sp³-hybridized carbons (Fsp3) is 0.706. The molecule has 1 heterocycles. The third kappa shape index (κ3) is 102. The van der Waals surface area contributed by atoms with Crippen LogP contribution in [-0.4, -0.2) is 0 Å². The predicted molar refractivity (Wildman–Crippen MR) is 659 cm³/mol. The van der Waals surface area contributed by atoms with Crippen molar-refractivity contribution in [3.63, 3.8) is 0 Å². The summed E-state index contributed by atoms with van der Waals surface area (Å²) < 4.78 is 38.7. The molecule has 5 fully saturated rings. The van der Waals surface area contributed by atoms with Gasteiger partial charge in [0.15, 0.2) is 0 Å². The molecule has 0 bridgehead atoms. The summed E-state index contributed by atoms with van der Waals surface area (Å²) in [6.45, 7) is 95.5. The highest BCUT2D eigenvalue weighted by atomic mass is 35.5. The molecular weight excluding hydrogens is 1830 g/mol. The molecule has 0 radical (unpaired) electrons. The van der Waals surface area contributed by atoms with Gasteiger partial charge in [0, 0.05) is 14.9 Å². The van der Waals surface area contributed by atoms with Gasteiger partial charge in [-0.05, 0) is 330 Å². The van der Waals surface area contributed by atoms with E-state index in [0.29, 0.717) is 28.7 Å². The van der Waals surface area contributed by atoms with Crippen LogP contribution in [0.5, 0.6) is 0 Å². The van der Waals surface area contributed by atoms with Crippen LogP contribution in [0.2, 0.25) is 14.4 Å². The van der Waals surface area contributed by atoms with E-state index in [1.54, 1.807) is 74.8 Å². The van der Waals surface area contributed by atoms with Crippen molar-refractivity contribution in [2.75, 3.05) is 0 Å². The van der Waals surface area contributed by atoms with E-state index >= 15 is 0 Å². The van der Waals surface area contributed by atoms with Crippen molar-refractivity contribution in [2.24, 2.45) is 93.7 Å². The molecule has 6 aromatic carbocycles. The Hall–Kier alpha value is -4.32. The number of hydrogen-bond acceptors (Lipinski definition) is 1. The second-order valence-corrected chi connectivity index (χ2v) is 49.1. The van der Waals surface area contributed by atoms with E-state index in [-0.39, 0.29) is 18.3 Å². The van der Waals surface area contributed by atoms with Gasteiger partial charge in [0.1, 0.15) is 18.3 Å². The summed E-state index contributed by atoms with van der Waals surface area (Å²) in [5.74, 6) is 11.5. The van der Waals surface area contributed by atoms with E-state index < -0.39 is 0 Å². The average molecular weight is 2070 g/mol. The molecule has 5 aliphatic rings. The molecule has 0 amide bonds. The van der Waals surface area contributed by atoms with Gasteiger partial charge in [0.25, 0.3) is 0 Å². The van der Waals surface area contributed by atoms with E-state index in [2.05, 4.69) is 352 Å². The van der Waals surface area contributed by atoms with Crippen molar-refractivity contribution in [2.45, 2.75) is 536 Å². The standard InChI is InChI=1S/C12H22.2C11H15F.C11H20.C11H22.2C11H16.C10H12Cl2.C10H13F.C8H11ClS.10C3H8/c1-10(2)9-11-3-5-12(6-4-11)7-8-12;1-8(2)6-10-5-4-9(3)7-11(10)12;1-9(2)7-10-3-5-11(8-12)6-4-10;1-9(2)6-10-7-11(8-10)4-3-5-11;3*1-9(2)8-11-6-4-10(3)5-7-11;1-7(2)5-8-3-4-9(11)6-10(8)12;1-8(2)7-9-3-5-10(11)6-4-9;1-6(2)5-7-3-4-8(9)10-7;10*1-3-2/h10-11H,3-9H2,1-2H3;4-5,7-8H,6H2,1-3H3;3-6,9H,7-8H2,1-2H3;9-10H,3-8H2,1-2H3;9-11H,4-8H2,1-3H3;2*4-7,9H,8H2,1-3H3;3-4,6-7H,5H2,1-2H3;3-6,8H,7H2,1-2H3;3-4,6H,5H2,1-2H3;10*3H2,1-2H3. The highest BCUT2D eigenvalue weighted by molar-refractivity contribution is 7.16. The minimum absolute atomic E-state index is 0.0660. The number of aryl methyl sites for hydroxylation is 3. The molecule has 0 unspecified atom stereocenters. The summed E-state index contributed by atoms with van der Waals surface area (Å²) in [4.78, 5) is 1.39. The van der Waals surface area contributed by atoms with Crippen LogP contribution in [0.15, 0.2) is 146 Å². The van der Waals surface area contributed by atoms with Crippen LogP contribution in [0.3, 0.4) is 0 Å². The van der Waals surface area contributed by atoms with Gasteiger partial charge in [-0.3, -0.25) is 0 Å². The van der Waals surface area contributed by atoms with E-state index in [1.165, 1.54) is 197 Å². The highest BCUT2D eigenvalue weighted by Gasteiger charge is 2.48. The van der Waals surface area contributed by atoms with Crippen LogP contribution in [0.4, 0.5) is 13.2 Å². The van der Waals surface area contributed by atoms with Crippen LogP contribution in [0.25, 0.3) is 0 Å². The lowest BCUT2D eigenvalue weighted by atomic mass is 9.51. The van der Waals surface area contributed by atoms with E-state index in [4.69, 9.17) is 34.8 Å². The molecule has 7 heteroatoms. The summed E-state index contributed by atoms with van der Waals surface area (Å²) in [6, 6.07) is 47.2. The predicted octanol–water partition coefficient (Wildman–Crippen LogP) is 49.5. The number of halogens is 6. The van der Waals surface area contributed by atoms with Crippen LogP contribution in [0, 0.1) is 126 Å². The Morgan fingerprint density at radius 1 is 0.294 bits per heavy atom. The van der Waals surface area contributed by atoms with Gasteiger partial charge in [-0.25, -0.2) is 13.2 Å². The Balaban J connectivity index is -0.000000229. The molecule has 0 saturated heterocycles. The molecule has 834 valence electrons. The first-order valence-corrected chi connectivity index (χ1v) is 60.7. The summed E-state index contributed by atoms with van der Waals surface area (Å²) in [5, 5.41) is 1.48. The molecule has 12 rings (SSSR count). The lowest BCUT2D eigenvalue weighted by Gasteiger charge is -2.55. The maximum Gasteiger partial charge on any atom is 0.126 e. The van der Waals surface area contributed by atoms with Gasteiger partial charge in [-0.2, -0.15) is 0 Å². The number of hydrogen-bond donors (Lipinski definition) is 0. The highest BCUT2D eigenvalue weighted by Crippen LogP contribution is 2.60. The summed E-state index contributed by atoms with van der Waals surface area (Å²) >= 11 is 19.2. The SMILES string of the molecule is CC(C)CC1CC2(CCC2)C1.CC(C)CC1CCC(C)CC1.CC(C)CC1CCC2(CC1)CC2.CC(C)Cc1ccc(CF)cc1.CC(C)Cc1ccc(Cl)cc1Cl.CC(C)Cc1ccc(Cl)s1.CC(C)Cc1ccc(F)cc1.CCC.CCC.CCC.CCC.CCC.CCC.CCC.CCC.CCC.CCC.Cc1ccc(CC(C)C)c(F)c1.Cc1ccc(CC(C)C)cc1.Cc1ccc(CC(C)C)cc1. The molecule has 1 aromatic heterocycles. The molecule has 143 heavy (non-hydrogen) atoms. The number of thiophene rings is 1. The van der Waals surface area contributed by atoms with E-state index in [9.17, 15) is 13.2 Å². The largest absolute Gasteiger partial charge is 0.246 e. The zero-order chi connectivity index (χ0) is 111. The van der Waals surface area contributed by atoms with E-state index in [1.807, 2.05) is 73.7 Å². The first kappa shape index (κ1) is 154. The van der Waals surface area contributed by atoms with Crippen molar-refractivity contribution in [3.05, 3.63) is 232 Å². The summed E-state index contributed by atoms with van der Waals surface area (Å²) in [6.07, 6.45) is 47.5. The van der Waals surface area contributed by atoms with Crippen LogP contribution < -0.4 is 0 Å².